The van der Waals surface area contributed by atoms with Gasteiger partial charge in [0.05, 0.1) is 22.4 Å². The Bertz CT molecular complexity index is 628. The maximum atomic E-state index is 12.6. The SMILES string of the molecule is O=C1NCC2C1CCCN2C(=O)c1csc(C#CCO)c1. The van der Waals surface area contributed by atoms with Crippen molar-refractivity contribution in [3.8, 4) is 11.8 Å². The number of aliphatic hydroxyl groups is 1. The number of aliphatic hydroxyl groups excluding tert-OH is 1. The number of fused-ring (bicyclic) bond motifs is 1. The van der Waals surface area contributed by atoms with Gasteiger partial charge < -0.3 is 15.3 Å². The topological polar surface area (TPSA) is 69.6 Å². The van der Waals surface area contributed by atoms with Crippen LogP contribution in [0.3, 0.4) is 0 Å². The fourth-order valence-electron chi connectivity index (χ4n) is 3.01. The predicted molar refractivity (Wildman–Crippen MR) is 78.8 cm³/mol. The van der Waals surface area contributed by atoms with Gasteiger partial charge in [0.1, 0.15) is 6.61 Å². The highest BCUT2D eigenvalue weighted by molar-refractivity contribution is 7.10. The molecule has 3 rings (SSSR count). The van der Waals surface area contributed by atoms with E-state index in [1.165, 1.54) is 11.3 Å². The third kappa shape index (κ3) is 2.67. The van der Waals surface area contributed by atoms with Crippen molar-refractivity contribution >= 4 is 23.2 Å². The van der Waals surface area contributed by atoms with Crippen LogP contribution in [0.1, 0.15) is 28.1 Å². The van der Waals surface area contributed by atoms with Gasteiger partial charge in [-0.3, -0.25) is 9.59 Å². The number of hydrogen-bond acceptors (Lipinski definition) is 4. The first-order valence-electron chi connectivity index (χ1n) is 6.97. The Morgan fingerprint density at radius 3 is 3.24 bits per heavy atom. The molecule has 1 aromatic rings. The van der Waals surface area contributed by atoms with Gasteiger partial charge in [-0.05, 0) is 18.9 Å². The van der Waals surface area contributed by atoms with Crippen molar-refractivity contribution in [2.45, 2.75) is 18.9 Å². The third-order valence-corrected chi connectivity index (χ3v) is 4.84. The summed E-state index contributed by atoms with van der Waals surface area (Å²) < 4.78 is 0. The van der Waals surface area contributed by atoms with Crippen molar-refractivity contribution in [1.82, 2.24) is 10.2 Å². The summed E-state index contributed by atoms with van der Waals surface area (Å²) in [6.45, 7) is 1.06. The second-order valence-electron chi connectivity index (χ2n) is 5.22. The van der Waals surface area contributed by atoms with E-state index in [2.05, 4.69) is 17.2 Å². The van der Waals surface area contributed by atoms with Crippen LogP contribution in [0.5, 0.6) is 0 Å². The van der Waals surface area contributed by atoms with Crippen LogP contribution in [0.25, 0.3) is 0 Å². The normalized spacial score (nSPS) is 24.0. The first kappa shape index (κ1) is 14.1. The number of carbonyl (C=O) groups excluding carboxylic acids is 2. The fraction of sp³-hybridized carbons (Fsp3) is 0.467. The highest BCUT2D eigenvalue weighted by atomic mass is 32.1. The summed E-state index contributed by atoms with van der Waals surface area (Å²) >= 11 is 1.39. The zero-order chi connectivity index (χ0) is 14.8. The maximum Gasteiger partial charge on any atom is 0.255 e. The molecule has 2 saturated heterocycles. The van der Waals surface area contributed by atoms with Crippen molar-refractivity contribution in [1.29, 1.82) is 0 Å². The van der Waals surface area contributed by atoms with E-state index in [9.17, 15) is 9.59 Å². The van der Waals surface area contributed by atoms with E-state index in [1.807, 2.05) is 4.90 Å². The molecule has 1 aromatic heterocycles. The first-order valence-corrected chi connectivity index (χ1v) is 7.85. The molecule has 2 amide bonds. The third-order valence-electron chi connectivity index (χ3n) is 4.00. The Kier molecular flexibility index (Phi) is 3.95. The molecule has 0 spiro atoms. The van der Waals surface area contributed by atoms with Crippen molar-refractivity contribution in [2.75, 3.05) is 19.7 Å². The van der Waals surface area contributed by atoms with Gasteiger partial charge in [-0.2, -0.15) is 0 Å². The van der Waals surface area contributed by atoms with Gasteiger partial charge in [0.15, 0.2) is 0 Å². The molecule has 0 radical (unpaired) electrons. The predicted octanol–water partition coefficient (Wildman–Crippen LogP) is 0.442. The summed E-state index contributed by atoms with van der Waals surface area (Å²) in [5.74, 6) is 5.36. The van der Waals surface area contributed by atoms with E-state index in [0.29, 0.717) is 18.7 Å². The van der Waals surface area contributed by atoms with E-state index in [-0.39, 0.29) is 30.4 Å². The lowest BCUT2D eigenvalue weighted by Gasteiger charge is -2.35. The summed E-state index contributed by atoms with van der Waals surface area (Å²) in [7, 11) is 0. The largest absolute Gasteiger partial charge is 0.384 e. The van der Waals surface area contributed by atoms with E-state index < -0.39 is 0 Å². The van der Waals surface area contributed by atoms with E-state index in [4.69, 9.17) is 5.11 Å². The monoisotopic (exact) mass is 304 g/mol. The Balaban J connectivity index is 1.78. The van der Waals surface area contributed by atoms with E-state index >= 15 is 0 Å². The standard InChI is InChI=1S/C15H16N2O3S/c18-6-2-3-11-7-10(9-21-11)15(20)17-5-1-4-12-13(17)8-16-14(12)19/h7,9,12-13,18H,1,4-6,8H2,(H,16,19). The molecule has 0 bridgehead atoms. The summed E-state index contributed by atoms with van der Waals surface area (Å²) in [5.41, 5.74) is 0.613. The Morgan fingerprint density at radius 2 is 2.43 bits per heavy atom. The van der Waals surface area contributed by atoms with E-state index in [0.717, 1.165) is 17.7 Å². The minimum atomic E-state index is -0.190. The molecular formula is C15H16N2O3S. The van der Waals surface area contributed by atoms with Crippen LogP contribution in [0.4, 0.5) is 0 Å². The molecule has 5 nitrogen and oxygen atoms in total. The molecule has 6 heteroatoms. The molecule has 110 valence electrons. The number of nitrogens with one attached hydrogen (secondary N) is 1. The molecule has 0 saturated carbocycles. The van der Waals surface area contributed by atoms with Crippen LogP contribution in [-0.2, 0) is 4.79 Å². The Morgan fingerprint density at radius 1 is 1.57 bits per heavy atom. The van der Waals surface area contributed by atoms with Crippen molar-refractivity contribution < 1.29 is 14.7 Å². The summed E-state index contributed by atoms with van der Waals surface area (Å²) in [6, 6.07) is 1.73. The molecule has 2 aliphatic rings. The number of piperidine rings is 1. The molecule has 0 aliphatic carbocycles. The van der Waals surface area contributed by atoms with Crippen LogP contribution in [0.15, 0.2) is 11.4 Å². The highest BCUT2D eigenvalue weighted by Crippen LogP contribution is 2.29. The van der Waals surface area contributed by atoms with Crippen LogP contribution >= 0.6 is 11.3 Å². The number of amides is 2. The zero-order valence-corrected chi connectivity index (χ0v) is 12.3. The lowest BCUT2D eigenvalue weighted by Crippen LogP contribution is -2.48. The molecular weight excluding hydrogens is 288 g/mol. The lowest BCUT2D eigenvalue weighted by molar-refractivity contribution is -0.123. The van der Waals surface area contributed by atoms with Gasteiger partial charge >= 0.3 is 0 Å². The van der Waals surface area contributed by atoms with Gasteiger partial charge in [-0.25, -0.2) is 0 Å². The van der Waals surface area contributed by atoms with Gasteiger partial charge in [0, 0.05) is 18.5 Å². The van der Waals surface area contributed by atoms with Gasteiger partial charge in [0.25, 0.3) is 5.91 Å². The summed E-state index contributed by atoms with van der Waals surface area (Å²) in [6.07, 6.45) is 1.72. The molecule has 2 atom stereocenters. The Hall–Kier alpha value is -1.84. The molecule has 2 N–H and O–H groups in total. The lowest BCUT2D eigenvalue weighted by atomic mass is 9.91. The van der Waals surface area contributed by atoms with E-state index in [1.54, 1.807) is 11.4 Å². The average Bonchev–Trinajstić information content (AvgIpc) is 3.12. The van der Waals surface area contributed by atoms with Crippen LogP contribution < -0.4 is 5.32 Å². The molecule has 2 unspecified atom stereocenters. The van der Waals surface area contributed by atoms with Gasteiger partial charge in [-0.1, -0.05) is 11.8 Å². The number of likely N-dealkylation sites (tertiary alicyclic amines) is 1. The van der Waals surface area contributed by atoms with Crippen LogP contribution in [0, 0.1) is 17.8 Å². The van der Waals surface area contributed by atoms with Gasteiger partial charge in [0.2, 0.25) is 5.91 Å². The van der Waals surface area contributed by atoms with Gasteiger partial charge in [-0.15, -0.1) is 11.3 Å². The number of carbonyl (C=O) groups is 2. The zero-order valence-electron chi connectivity index (χ0n) is 11.5. The first-order chi connectivity index (χ1) is 10.2. The smallest absolute Gasteiger partial charge is 0.255 e. The molecule has 2 aliphatic heterocycles. The summed E-state index contributed by atoms with van der Waals surface area (Å²) in [4.78, 5) is 27.0. The minimum absolute atomic E-state index is 0.0226. The second kappa shape index (κ2) is 5.88. The highest BCUT2D eigenvalue weighted by Gasteiger charge is 2.42. The van der Waals surface area contributed by atoms with Crippen LogP contribution in [0.2, 0.25) is 0 Å². The average molecular weight is 304 g/mol. The molecule has 0 aromatic carbocycles. The maximum absolute atomic E-state index is 12.6. The van der Waals surface area contributed by atoms with Crippen molar-refractivity contribution in [3.05, 3.63) is 21.9 Å². The number of rotatable bonds is 1. The van der Waals surface area contributed by atoms with Crippen molar-refractivity contribution in [3.63, 3.8) is 0 Å². The fourth-order valence-corrected chi connectivity index (χ4v) is 3.76. The molecule has 3 heterocycles. The Labute approximate surface area is 127 Å². The molecule has 21 heavy (non-hydrogen) atoms. The number of thiophene rings is 1. The molecule has 2 fully saturated rings. The second-order valence-corrected chi connectivity index (χ2v) is 6.13. The number of hydrogen-bond donors (Lipinski definition) is 2. The van der Waals surface area contributed by atoms with Crippen LogP contribution in [-0.4, -0.2) is 47.6 Å². The minimum Gasteiger partial charge on any atom is -0.384 e. The van der Waals surface area contributed by atoms with Crippen molar-refractivity contribution in [2.24, 2.45) is 5.92 Å². The summed E-state index contributed by atoms with van der Waals surface area (Å²) in [5, 5.41) is 13.3. The number of nitrogens with zero attached hydrogens (tertiary/aromatic N) is 1. The quantitative estimate of drug-likeness (QED) is 0.740.